The Hall–Kier alpha value is -2.64. The van der Waals surface area contributed by atoms with Crippen molar-refractivity contribution in [2.45, 2.75) is 27.1 Å². The van der Waals surface area contributed by atoms with E-state index in [0.717, 1.165) is 6.08 Å². The van der Waals surface area contributed by atoms with Gasteiger partial charge < -0.3 is 14.2 Å². The van der Waals surface area contributed by atoms with Crippen LogP contribution in [0.1, 0.15) is 19.4 Å². The fourth-order valence-corrected chi connectivity index (χ4v) is 1.51. The molecule has 126 valence electrons. The average molecular weight is 329 g/mol. The van der Waals surface area contributed by atoms with Gasteiger partial charge >= 0.3 is 18.7 Å². The van der Waals surface area contributed by atoms with Crippen molar-refractivity contribution in [3.05, 3.63) is 41.6 Å². The molecule has 0 aromatic heterocycles. The lowest BCUT2D eigenvalue weighted by Crippen LogP contribution is -2.23. The Balaban J connectivity index is 2.42. The molecule has 0 atom stereocenters. The number of nitrogens with one attached hydrogen (secondary N) is 1. The molecule has 23 heavy (non-hydrogen) atoms. The predicted octanol–water partition coefficient (Wildman–Crippen LogP) is 2.98. The molecule has 0 aliphatic carbocycles. The van der Waals surface area contributed by atoms with Crippen molar-refractivity contribution in [1.29, 1.82) is 0 Å². The van der Waals surface area contributed by atoms with Gasteiger partial charge in [-0.05, 0) is 31.5 Å². The Bertz CT molecular complexity index is 557. The Kier molecular flexibility index (Phi) is 7.52. The van der Waals surface area contributed by atoms with Crippen LogP contribution in [-0.4, -0.2) is 25.3 Å². The first-order valence-corrected chi connectivity index (χ1v) is 6.73. The molecule has 0 saturated heterocycles. The second-order valence-electron chi connectivity index (χ2n) is 4.30. The third-order valence-corrected chi connectivity index (χ3v) is 2.44. The summed E-state index contributed by atoms with van der Waals surface area (Å²) in [5.41, 5.74) is 0.864. The maximum atomic E-state index is 12.0. The fourth-order valence-electron chi connectivity index (χ4n) is 1.51. The standard InChI is InChI=1S/C15H17F2NO5/c1-3-21-13(19)8-10(2)18-15(20)22-9-11-4-6-12(7-5-11)23-14(16)17/h4-8,14H,3,9H2,1-2H3,(H,18,20). The molecular formula is C15H17F2NO5. The first-order valence-electron chi connectivity index (χ1n) is 6.73. The lowest BCUT2D eigenvalue weighted by atomic mass is 10.2. The minimum Gasteiger partial charge on any atom is -0.463 e. The zero-order valence-electron chi connectivity index (χ0n) is 12.7. The zero-order chi connectivity index (χ0) is 17.2. The number of carbonyl (C=O) groups is 2. The number of allylic oxidation sites excluding steroid dienone is 1. The molecule has 0 aliphatic heterocycles. The number of benzene rings is 1. The van der Waals surface area contributed by atoms with Gasteiger partial charge in [0.15, 0.2) is 0 Å². The fraction of sp³-hybridized carbons (Fsp3) is 0.333. The third-order valence-electron chi connectivity index (χ3n) is 2.44. The van der Waals surface area contributed by atoms with Crippen LogP contribution in [0.3, 0.4) is 0 Å². The van der Waals surface area contributed by atoms with Crippen LogP contribution >= 0.6 is 0 Å². The van der Waals surface area contributed by atoms with Crippen LogP contribution in [-0.2, 0) is 20.9 Å². The summed E-state index contributed by atoms with van der Waals surface area (Å²) in [5.74, 6) is -0.554. The van der Waals surface area contributed by atoms with Crippen molar-refractivity contribution in [3.63, 3.8) is 0 Å². The minimum absolute atomic E-state index is 0.0152. The van der Waals surface area contributed by atoms with Crippen LogP contribution in [0, 0.1) is 0 Å². The molecule has 0 radical (unpaired) electrons. The van der Waals surface area contributed by atoms with E-state index in [1.54, 1.807) is 6.92 Å². The molecule has 0 unspecified atom stereocenters. The van der Waals surface area contributed by atoms with Crippen LogP contribution in [0.5, 0.6) is 5.75 Å². The molecular weight excluding hydrogens is 312 g/mol. The number of ether oxygens (including phenoxy) is 3. The molecule has 0 saturated carbocycles. The summed E-state index contributed by atoms with van der Waals surface area (Å²) in [6.07, 6.45) is 0.372. The average Bonchev–Trinajstić information content (AvgIpc) is 2.46. The molecule has 1 amide bonds. The number of halogens is 2. The van der Waals surface area contributed by atoms with Gasteiger partial charge in [-0.3, -0.25) is 5.32 Å². The van der Waals surface area contributed by atoms with Crippen molar-refractivity contribution < 1.29 is 32.6 Å². The summed E-state index contributed by atoms with van der Waals surface area (Å²) >= 11 is 0. The maximum Gasteiger partial charge on any atom is 0.411 e. The molecule has 8 heteroatoms. The number of hydrogen-bond acceptors (Lipinski definition) is 5. The van der Waals surface area contributed by atoms with Crippen LogP contribution in [0.25, 0.3) is 0 Å². The van der Waals surface area contributed by atoms with Gasteiger partial charge in [-0.25, -0.2) is 9.59 Å². The van der Waals surface area contributed by atoms with Gasteiger partial charge in [0.2, 0.25) is 0 Å². The van der Waals surface area contributed by atoms with Crippen LogP contribution in [0.4, 0.5) is 13.6 Å². The van der Waals surface area contributed by atoms with E-state index >= 15 is 0 Å². The van der Waals surface area contributed by atoms with Gasteiger partial charge in [0.25, 0.3) is 0 Å². The lowest BCUT2D eigenvalue weighted by molar-refractivity contribution is -0.137. The number of alkyl carbamates (subject to hydrolysis) is 1. The van der Waals surface area contributed by atoms with Gasteiger partial charge in [0, 0.05) is 11.8 Å². The molecule has 0 spiro atoms. The summed E-state index contributed by atoms with van der Waals surface area (Å²) in [7, 11) is 0. The largest absolute Gasteiger partial charge is 0.463 e. The monoisotopic (exact) mass is 329 g/mol. The van der Waals surface area contributed by atoms with Crippen molar-refractivity contribution in [3.8, 4) is 5.75 Å². The van der Waals surface area contributed by atoms with E-state index in [1.807, 2.05) is 0 Å². The quantitative estimate of drug-likeness (QED) is 0.615. The molecule has 0 fully saturated rings. The summed E-state index contributed by atoms with van der Waals surface area (Å²) in [6.45, 7) is 0.456. The first kappa shape index (κ1) is 18.4. The summed E-state index contributed by atoms with van der Waals surface area (Å²) < 4.78 is 37.8. The highest BCUT2D eigenvalue weighted by atomic mass is 19.3. The summed E-state index contributed by atoms with van der Waals surface area (Å²) in [4.78, 5) is 22.7. The van der Waals surface area contributed by atoms with Gasteiger partial charge in [0.05, 0.1) is 6.61 Å². The van der Waals surface area contributed by atoms with E-state index in [-0.39, 0.29) is 24.7 Å². The van der Waals surface area contributed by atoms with Crippen molar-refractivity contribution in [2.75, 3.05) is 6.61 Å². The van der Waals surface area contributed by atoms with E-state index in [2.05, 4.69) is 14.8 Å². The van der Waals surface area contributed by atoms with E-state index in [0.29, 0.717) is 5.56 Å². The Morgan fingerprint density at radius 2 is 1.87 bits per heavy atom. The van der Waals surface area contributed by atoms with E-state index < -0.39 is 18.7 Å². The molecule has 0 aliphatic rings. The van der Waals surface area contributed by atoms with Crippen molar-refractivity contribution in [2.24, 2.45) is 0 Å². The van der Waals surface area contributed by atoms with Crippen LogP contribution in [0.15, 0.2) is 36.0 Å². The summed E-state index contributed by atoms with van der Waals surface area (Å²) in [6, 6.07) is 5.67. The van der Waals surface area contributed by atoms with Gasteiger partial charge in [-0.15, -0.1) is 0 Å². The highest BCUT2D eigenvalue weighted by Gasteiger charge is 2.07. The molecule has 6 nitrogen and oxygen atoms in total. The number of hydrogen-bond donors (Lipinski definition) is 1. The topological polar surface area (TPSA) is 73.9 Å². The van der Waals surface area contributed by atoms with Crippen molar-refractivity contribution >= 4 is 12.1 Å². The second kappa shape index (κ2) is 9.39. The van der Waals surface area contributed by atoms with E-state index in [4.69, 9.17) is 4.74 Å². The first-order chi connectivity index (χ1) is 10.9. The molecule has 0 bridgehead atoms. The number of carbonyl (C=O) groups excluding carboxylic acids is 2. The minimum atomic E-state index is -2.89. The number of esters is 1. The Morgan fingerprint density at radius 3 is 2.43 bits per heavy atom. The summed E-state index contributed by atoms with van der Waals surface area (Å²) in [5, 5.41) is 2.35. The molecule has 1 aromatic carbocycles. The SMILES string of the molecule is CCOC(=O)C=C(C)NC(=O)OCc1ccc(OC(F)F)cc1. The second-order valence-corrected chi connectivity index (χ2v) is 4.30. The number of amides is 1. The third kappa shape index (κ3) is 7.79. The van der Waals surface area contributed by atoms with Gasteiger partial charge in [0.1, 0.15) is 12.4 Å². The van der Waals surface area contributed by atoms with E-state index in [1.165, 1.54) is 31.2 Å². The van der Waals surface area contributed by atoms with Gasteiger partial charge in [-0.1, -0.05) is 12.1 Å². The number of rotatable bonds is 7. The smallest absolute Gasteiger partial charge is 0.411 e. The Morgan fingerprint density at radius 1 is 1.22 bits per heavy atom. The highest BCUT2D eigenvalue weighted by molar-refractivity contribution is 5.83. The molecule has 1 N–H and O–H groups in total. The van der Waals surface area contributed by atoms with Gasteiger partial charge in [-0.2, -0.15) is 8.78 Å². The molecule has 0 heterocycles. The number of alkyl halides is 2. The molecule has 1 aromatic rings. The van der Waals surface area contributed by atoms with Crippen molar-refractivity contribution in [1.82, 2.24) is 5.32 Å². The maximum absolute atomic E-state index is 12.0. The molecule has 1 rings (SSSR count). The van der Waals surface area contributed by atoms with E-state index in [9.17, 15) is 18.4 Å². The normalized spacial score (nSPS) is 11.1. The Labute approximate surface area is 132 Å². The predicted molar refractivity (Wildman–Crippen MR) is 76.8 cm³/mol. The highest BCUT2D eigenvalue weighted by Crippen LogP contribution is 2.15. The zero-order valence-corrected chi connectivity index (χ0v) is 12.7. The lowest BCUT2D eigenvalue weighted by Gasteiger charge is -2.08. The van der Waals surface area contributed by atoms with Crippen LogP contribution in [0.2, 0.25) is 0 Å². The van der Waals surface area contributed by atoms with Crippen LogP contribution < -0.4 is 10.1 Å².